The van der Waals surface area contributed by atoms with E-state index in [1.165, 1.54) is 18.9 Å². The minimum atomic E-state index is -0.272. The zero-order valence-electron chi connectivity index (χ0n) is 13.2. The van der Waals surface area contributed by atoms with E-state index in [9.17, 15) is 9.59 Å². The van der Waals surface area contributed by atoms with Gasteiger partial charge in [0.05, 0.1) is 11.1 Å². The van der Waals surface area contributed by atoms with Crippen molar-refractivity contribution in [3.05, 3.63) is 44.7 Å². The van der Waals surface area contributed by atoms with E-state index in [-0.39, 0.29) is 23.9 Å². The van der Waals surface area contributed by atoms with Gasteiger partial charge in [-0.2, -0.15) is 0 Å². The number of fused-ring (bicyclic) bond motifs is 1. The number of amides is 1. The Balaban J connectivity index is 0.00000208. The van der Waals surface area contributed by atoms with Gasteiger partial charge in [-0.25, -0.2) is 0 Å². The van der Waals surface area contributed by atoms with Crippen molar-refractivity contribution in [1.82, 2.24) is 15.6 Å². The molecule has 1 amide bonds. The van der Waals surface area contributed by atoms with Crippen molar-refractivity contribution in [3.8, 4) is 0 Å². The summed E-state index contributed by atoms with van der Waals surface area (Å²) in [5.74, 6) is 0.428. The second kappa shape index (κ2) is 8.65. The maximum Gasteiger partial charge on any atom is 0.252 e. The Morgan fingerprint density at radius 1 is 1.38 bits per heavy atom. The third-order valence-electron chi connectivity index (χ3n) is 4.31. The van der Waals surface area contributed by atoms with Crippen LogP contribution < -0.4 is 16.2 Å². The summed E-state index contributed by atoms with van der Waals surface area (Å²) < 4.78 is 0.773. The molecule has 1 aromatic carbocycles. The standard InChI is InChI=1S/C17H20BrN3O2.ClH/c18-14-5-1-4-12-13(9-15(22)21-16(12)14)17(23)20-8-6-11-3-2-7-19-10-11;/h1,4-5,9,11,19H,2-3,6-8,10H2,(H,20,23)(H,21,22);1H. The number of carbonyl (C=O) groups is 1. The van der Waals surface area contributed by atoms with Gasteiger partial charge in [0.2, 0.25) is 5.56 Å². The molecule has 1 fully saturated rings. The quantitative estimate of drug-likeness (QED) is 0.720. The first-order chi connectivity index (χ1) is 11.1. The molecule has 3 N–H and O–H groups in total. The lowest BCUT2D eigenvalue weighted by Gasteiger charge is -2.22. The molecule has 0 radical (unpaired) electrons. The third-order valence-corrected chi connectivity index (χ3v) is 4.97. The number of aromatic amines is 1. The average Bonchev–Trinajstić information content (AvgIpc) is 2.56. The summed E-state index contributed by atoms with van der Waals surface area (Å²) in [6.07, 6.45) is 3.37. The topological polar surface area (TPSA) is 74.0 Å². The van der Waals surface area contributed by atoms with Crippen LogP contribution in [0.25, 0.3) is 10.9 Å². The molecular weight excluding hydrogens is 394 g/mol. The van der Waals surface area contributed by atoms with Gasteiger partial charge in [-0.3, -0.25) is 9.59 Å². The third kappa shape index (κ3) is 4.37. The molecule has 0 spiro atoms. The number of pyridine rings is 1. The van der Waals surface area contributed by atoms with Crippen LogP contribution in [0.2, 0.25) is 0 Å². The molecule has 0 bridgehead atoms. The molecule has 130 valence electrons. The highest BCUT2D eigenvalue weighted by Crippen LogP contribution is 2.23. The molecule has 2 heterocycles. The summed E-state index contributed by atoms with van der Waals surface area (Å²) in [4.78, 5) is 27.1. The van der Waals surface area contributed by atoms with Crippen molar-refractivity contribution in [2.75, 3.05) is 19.6 Å². The highest BCUT2D eigenvalue weighted by atomic mass is 79.9. The summed E-state index contributed by atoms with van der Waals surface area (Å²) in [5, 5.41) is 7.08. The number of halogens is 2. The van der Waals surface area contributed by atoms with Gasteiger partial charge < -0.3 is 15.6 Å². The van der Waals surface area contributed by atoms with E-state index < -0.39 is 0 Å². The van der Waals surface area contributed by atoms with Crippen LogP contribution in [0.3, 0.4) is 0 Å². The Hall–Kier alpha value is -1.37. The number of aromatic nitrogens is 1. The van der Waals surface area contributed by atoms with E-state index in [1.54, 1.807) is 0 Å². The number of para-hydroxylation sites is 1. The summed E-state index contributed by atoms with van der Waals surface area (Å²) in [6, 6.07) is 6.91. The first-order valence-corrected chi connectivity index (χ1v) is 8.75. The molecule has 1 aliphatic rings. The van der Waals surface area contributed by atoms with Crippen LogP contribution in [0.15, 0.2) is 33.5 Å². The maximum atomic E-state index is 12.5. The van der Waals surface area contributed by atoms with E-state index in [1.807, 2.05) is 18.2 Å². The van der Waals surface area contributed by atoms with Gasteiger partial charge >= 0.3 is 0 Å². The Kier molecular flexibility index (Phi) is 6.83. The van der Waals surface area contributed by atoms with Crippen LogP contribution in [-0.2, 0) is 0 Å². The van der Waals surface area contributed by atoms with Gasteiger partial charge in [-0.15, -0.1) is 12.4 Å². The molecule has 5 nitrogen and oxygen atoms in total. The monoisotopic (exact) mass is 413 g/mol. The lowest BCUT2D eigenvalue weighted by atomic mass is 9.96. The van der Waals surface area contributed by atoms with E-state index in [0.29, 0.717) is 23.5 Å². The first-order valence-electron chi connectivity index (χ1n) is 7.95. The van der Waals surface area contributed by atoms with Gasteiger partial charge in [0.15, 0.2) is 0 Å². The normalized spacial score (nSPS) is 17.3. The lowest BCUT2D eigenvalue weighted by molar-refractivity contribution is 0.0952. The van der Waals surface area contributed by atoms with Crippen LogP contribution in [0.1, 0.15) is 29.6 Å². The average molecular weight is 415 g/mol. The van der Waals surface area contributed by atoms with Crippen LogP contribution in [0, 0.1) is 5.92 Å². The molecule has 3 rings (SSSR count). The molecule has 1 aliphatic heterocycles. The number of rotatable bonds is 4. The molecule has 0 aliphatic carbocycles. The van der Waals surface area contributed by atoms with Crippen molar-refractivity contribution in [1.29, 1.82) is 0 Å². The van der Waals surface area contributed by atoms with Crippen LogP contribution >= 0.6 is 28.3 Å². The number of H-pyrrole nitrogens is 1. The molecule has 2 aromatic rings. The summed E-state index contributed by atoms with van der Waals surface area (Å²) in [5.41, 5.74) is 0.805. The van der Waals surface area contributed by atoms with Crippen LogP contribution in [0.5, 0.6) is 0 Å². The predicted octanol–water partition coefficient (Wildman–Crippen LogP) is 2.83. The largest absolute Gasteiger partial charge is 0.352 e. The fraction of sp³-hybridized carbons (Fsp3) is 0.412. The molecule has 7 heteroatoms. The summed E-state index contributed by atoms with van der Waals surface area (Å²) >= 11 is 3.41. The van der Waals surface area contributed by atoms with Crippen molar-refractivity contribution in [2.24, 2.45) is 5.92 Å². The molecule has 1 saturated heterocycles. The Morgan fingerprint density at radius 3 is 2.96 bits per heavy atom. The summed E-state index contributed by atoms with van der Waals surface area (Å²) in [7, 11) is 0. The predicted molar refractivity (Wildman–Crippen MR) is 102 cm³/mol. The van der Waals surface area contributed by atoms with E-state index in [2.05, 4.69) is 31.5 Å². The molecular formula is C17H21BrClN3O2. The zero-order valence-corrected chi connectivity index (χ0v) is 15.6. The first kappa shape index (κ1) is 19.0. The molecule has 24 heavy (non-hydrogen) atoms. The smallest absolute Gasteiger partial charge is 0.252 e. The van der Waals surface area contributed by atoms with Gasteiger partial charge in [0, 0.05) is 22.5 Å². The Morgan fingerprint density at radius 2 is 2.21 bits per heavy atom. The molecule has 1 unspecified atom stereocenters. The minimum absolute atomic E-state index is 0. The second-order valence-electron chi connectivity index (χ2n) is 5.97. The summed E-state index contributed by atoms with van der Waals surface area (Å²) in [6.45, 7) is 2.75. The number of hydrogen-bond acceptors (Lipinski definition) is 3. The number of hydrogen-bond donors (Lipinski definition) is 3. The second-order valence-corrected chi connectivity index (χ2v) is 6.82. The highest BCUT2D eigenvalue weighted by Gasteiger charge is 2.15. The van der Waals surface area contributed by atoms with Gasteiger partial charge in [0.25, 0.3) is 5.91 Å². The van der Waals surface area contributed by atoms with Crippen LogP contribution in [0.4, 0.5) is 0 Å². The van der Waals surface area contributed by atoms with Gasteiger partial charge in [0.1, 0.15) is 0 Å². The van der Waals surface area contributed by atoms with Gasteiger partial charge in [-0.1, -0.05) is 12.1 Å². The van der Waals surface area contributed by atoms with E-state index in [4.69, 9.17) is 0 Å². The number of benzene rings is 1. The van der Waals surface area contributed by atoms with Crippen molar-refractivity contribution in [3.63, 3.8) is 0 Å². The number of nitrogens with one attached hydrogen (secondary N) is 3. The SMILES string of the molecule is Cl.O=C(NCCC1CCCNC1)c1cc(=O)[nH]c2c(Br)cccc12. The fourth-order valence-corrected chi connectivity index (χ4v) is 3.55. The minimum Gasteiger partial charge on any atom is -0.352 e. The Labute approximate surface area is 155 Å². The Bertz CT molecular complexity index is 772. The maximum absolute atomic E-state index is 12.5. The van der Waals surface area contributed by atoms with Crippen LogP contribution in [-0.4, -0.2) is 30.5 Å². The number of carbonyl (C=O) groups excluding carboxylic acids is 1. The molecule has 1 atom stereocenters. The molecule has 0 saturated carbocycles. The highest BCUT2D eigenvalue weighted by molar-refractivity contribution is 9.10. The van der Waals surface area contributed by atoms with E-state index in [0.717, 1.165) is 29.4 Å². The number of piperidine rings is 1. The van der Waals surface area contributed by atoms with E-state index >= 15 is 0 Å². The van der Waals surface area contributed by atoms with Gasteiger partial charge in [-0.05, 0) is 60.3 Å². The lowest BCUT2D eigenvalue weighted by Crippen LogP contribution is -2.33. The van der Waals surface area contributed by atoms with Crippen molar-refractivity contribution < 1.29 is 4.79 Å². The fourth-order valence-electron chi connectivity index (χ4n) is 3.09. The molecule has 1 aromatic heterocycles. The van der Waals surface area contributed by atoms with Crippen molar-refractivity contribution in [2.45, 2.75) is 19.3 Å². The van der Waals surface area contributed by atoms with Crippen molar-refractivity contribution >= 4 is 45.1 Å². The zero-order chi connectivity index (χ0) is 16.2.